The SMILES string of the molecule is CC1CN(c2cc(Cl)ccc2C(N)=S)CC(C)S1. The van der Waals surface area contributed by atoms with E-state index in [1.807, 2.05) is 30.0 Å². The highest BCUT2D eigenvalue weighted by molar-refractivity contribution is 8.00. The van der Waals surface area contributed by atoms with Crippen LogP contribution in [0.5, 0.6) is 0 Å². The van der Waals surface area contributed by atoms with E-state index in [0.717, 1.165) is 29.4 Å². The van der Waals surface area contributed by atoms with E-state index < -0.39 is 0 Å². The average molecular weight is 301 g/mol. The second-order valence-corrected chi connectivity index (χ2v) is 7.45. The third-order valence-electron chi connectivity index (χ3n) is 2.99. The highest BCUT2D eigenvalue weighted by Crippen LogP contribution is 2.32. The maximum atomic E-state index is 6.10. The third kappa shape index (κ3) is 3.11. The summed E-state index contributed by atoms with van der Waals surface area (Å²) < 4.78 is 0. The molecule has 2 rings (SSSR count). The Hall–Kier alpha value is -0.450. The summed E-state index contributed by atoms with van der Waals surface area (Å²) in [6.07, 6.45) is 0. The first kappa shape index (κ1) is 14.0. The van der Waals surface area contributed by atoms with Crippen LogP contribution in [0.2, 0.25) is 5.02 Å². The zero-order chi connectivity index (χ0) is 13.3. The van der Waals surface area contributed by atoms with Crippen LogP contribution in [0.1, 0.15) is 19.4 Å². The van der Waals surface area contributed by atoms with Gasteiger partial charge in [-0.2, -0.15) is 11.8 Å². The number of rotatable bonds is 2. The monoisotopic (exact) mass is 300 g/mol. The molecule has 2 unspecified atom stereocenters. The molecule has 1 fully saturated rings. The summed E-state index contributed by atoms with van der Waals surface area (Å²) in [5.41, 5.74) is 7.78. The summed E-state index contributed by atoms with van der Waals surface area (Å²) in [6.45, 7) is 6.51. The van der Waals surface area contributed by atoms with Crippen LogP contribution in [0, 0.1) is 0 Å². The molecule has 1 aromatic rings. The molecule has 18 heavy (non-hydrogen) atoms. The van der Waals surface area contributed by atoms with Gasteiger partial charge < -0.3 is 10.6 Å². The summed E-state index contributed by atoms with van der Waals surface area (Å²) >= 11 is 13.2. The maximum Gasteiger partial charge on any atom is 0.106 e. The standard InChI is InChI=1S/C13H17ClN2S2/c1-8-6-16(7-9(2)18-8)12-5-10(14)3-4-11(12)13(15)17/h3-5,8-9H,6-7H2,1-2H3,(H2,15,17). The first-order valence-corrected chi connectivity index (χ1v) is 7.70. The molecule has 5 heteroatoms. The van der Waals surface area contributed by atoms with Gasteiger partial charge >= 0.3 is 0 Å². The van der Waals surface area contributed by atoms with E-state index in [-0.39, 0.29) is 0 Å². The van der Waals surface area contributed by atoms with Crippen LogP contribution >= 0.6 is 35.6 Å². The number of thioether (sulfide) groups is 1. The van der Waals surface area contributed by atoms with E-state index in [0.29, 0.717) is 15.5 Å². The molecule has 0 bridgehead atoms. The number of thiocarbonyl (C=S) groups is 1. The van der Waals surface area contributed by atoms with Crippen molar-refractivity contribution in [2.45, 2.75) is 24.3 Å². The van der Waals surface area contributed by atoms with Crippen molar-refractivity contribution in [1.82, 2.24) is 0 Å². The highest BCUT2D eigenvalue weighted by atomic mass is 35.5. The molecule has 1 heterocycles. The zero-order valence-corrected chi connectivity index (χ0v) is 12.9. The van der Waals surface area contributed by atoms with Gasteiger partial charge in [0.05, 0.1) is 0 Å². The molecule has 0 radical (unpaired) electrons. The Labute approximate surface area is 123 Å². The number of benzene rings is 1. The van der Waals surface area contributed by atoms with Gasteiger partial charge in [0.2, 0.25) is 0 Å². The lowest BCUT2D eigenvalue weighted by atomic mass is 10.1. The van der Waals surface area contributed by atoms with E-state index in [4.69, 9.17) is 29.6 Å². The molecule has 1 aliphatic rings. The van der Waals surface area contributed by atoms with Gasteiger partial charge in [-0.1, -0.05) is 37.7 Å². The van der Waals surface area contributed by atoms with Crippen molar-refractivity contribution in [1.29, 1.82) is 0 Å². The molecule has 1 aromatic carbocycles. The summed E-state index contributed by atoms with van der Waals surface area (Å²) in [7, 11) is 0. The molecular formula is C13H17ClN2S2. The molecule has 1 aliphatic heterocycles. The quantitative estimate of drug-likeness (QED) is 0.849. The normalized spacial score (nSPS) is 24.1. The highest BCUT2D eigenvalue weighted by Gasteiger charge is 2.24. The zero-order valence-electron chi connectivity index (χ0n) is 10.5. The van der Waals surface area contributed by atoms with Crippen molar-refractivity contribution in [3.8, 4) is 0 Å². The van der Waals surface area contributed by atoms with Crippen molar-refractivity contribution in [3.05, 3.63) is 28.8 Å². The molecular weight excluding hydrogens is 284 g/mol. The summed E-state index contributed by atoms with van der Waals surface area (Å²) in [5, 5.41) is 1.93. The largest absolute Gasteiger partial charge is 0.389 e. The molecule has 0 aromatic heterocycles. The fourth-order valence-corrected chi connectivity index (χ4v) is 4.01. The number of halogens is 1. The van der Waals surface area contributed by atoms with Gasteiger partial charge in [0.25, 0.3) is 0 Å². The van der Waals surface area contributed by atoms with Crippen LogP contribution in [0.3, 0.4) is 0 Å². The van der Waals surface area contributed by atoms with Gasteiger partial charge in [0.1, 0.15) is 4.99 Å². The van der Waals surface area contributed by atoms with Crippen molar-refractivity contribution in [2.24, 2.45) is 5.73 Å². The molecule has 0 amide bonds. The lowest BCUT2D eigenvalue weighted by Gasteiger charge is -2.37. The fourth-order valence-electron chi connectivity index (χ4n) is 2.35. The number of anilines is 1. The van der Waals surface area contributed by atoms with Crippen LogP contribution in [-0.2, 0) is 0 Å². The minimum absolute atomic E-state index is 0.431. The van der Waals surface area contributed by atoms with Gasteiger partial charge in [0.15, 0.2) is 0 Å². The van der Waals surface area contributed by atoms with E-state index >= 15 is 0 Å². The van der Waals surface area contributed by atoms with E-state index in [2.05, 4.69) is 18.7 Å². The van der Waals surface area contributed by atoms with E-state index in [1.165, 1.54) is 0 Å². The van der Waals surface area contributed by atoms with Crippen LogP contribution in [0.15, 0.2) is 18.2 Å². The van der Waals surface area contributed by atoms with Gasteiger partial charge in [0, 0.05) is 39.9 Å². The smallest absolute Gasteiger partial charge is 0.106 e. The molecule has 2 atom stereocenters. The molecule has 1 saturated heterocycles. The first-order valence-electron chi connectivity index (χ1n) is 5.97. The van der Waals surface area contributed by atoms with Crippen LogP contribution in [0.4, 0.5) is 5.69 Å². The number of hydrogen-bond acceptors (Lipinski definition) is 3. The maximum absolute atomic E-state index is 6.10. The minimum Gasteiger partial charge on any atom is -0.389 e. The van der Waals surface area contributed by atoms with Gasteiger partial charge in [-0.3, -0.25) is 0 Å². The Morgan fingerprint density at radius 2 is 2.00 bits per heavy atom. The number of hydrogen-bond donors (Lipinski definition) is 1. The third-order valence-corrected chi connectivity index (χ3v) is 4.67. The van der Waals surface area contributed by atoms with Crippen molar-refractivity contribution in [3.63, 3.8) is 0 Å². The van der Waals surface area contributed by atoms with Gasteiger partial charge in [-0.05, 0) is 18.2 Å². The lowest BCUT2D eigenvalue weighted by molar-refractivity contribution is 0.728. The fraction of sp³-hybridized carbons (Fsp3) is 0.462. The van der Waals surface area contributed by atoms with Crippen molar-refractivity contribution >= 4 is 46.3 Å². The Morgan fingerprint density at radius 1 is 1.39 bits per heavy atom. The molecule has 0 saturated carbocycles. The minimum atomic E-state index is 0.431. The predicted molar refractivity (Wildman–Crippen MR) is 86.1 cm³/mol. The lowest BCUT2D eigenvalue weighted by Crippen LogP contribution is -2.41. The second kappa shape index (κ2) is 5.68. The van der Waals surface area contributed by atoms with Crippen LogP contribution in [0.25, 0.3) is 0 Å². The molecule has 98 valence electrons. The first-order chi connectivity index (χ1) is 8.47. The number of nitrogens with two attached hydrogens (primary N) is 1. The van der Waals surface area contributed by atoms with Crippen LogP contribution < -0.4 is 10.6 Å². The summed E-state index contributed by atoms with van der Waals surface area (Å²) in [4.78, 5) is 2.77. The van der Waals surface area contributed by atoms with E-state index in [9.17, 15) is 0 Å². The second-order valence-electron chi connectivity index (χ2n) is 4.69. The molecule has 2 N–H and O–H groups in total. The summed E-state index contributed by atoms with van der Waals surface area (Å²) in [6, 6.07) is 5.72. The molecule has 0 spiro atoms. The van der Waals surface area contributed by atoms with E-state index in [1.54, 1.807) is 0 Å². The van der Waals surface area contributed by atoms with Gasteiger partial charge in [-0.25, -0.2) is 0 Å². The predicted octanol–water partition coefficient (Wildman–Crippen LogP) is 3.30. The number of nitrogens with zero attached hydrogens (tertiary/aromatic N) is 1. The molecule has 0 aliphatic carbocycles. The Kier molecular flexibility index (Phi) is 4.41. The van der Waals surface area contributed by atoms with Crippen LogP contribution in [-0.4, -0.2) is 28.6 Å². The van der Waals surface area contributed by atoms with Crippen molar-refractivity contribution in [2.75, 3.05) is 18.0 Å². The Morgan fingerprint density at radius 3 is 2.56 bits per heavy atom. The summed E-state index contributed by atoms with van der Waals surface area (Å²) in [5.74, 6) is 0. The Bertz CT molecular complexity index is 454. The topological polar surface area (TPSA) is 29.3 Å². The van der Waals surface area contributed by atoms with Crippen molar-refractivity contribution < 1.29 is 0 Å². The Balaban J connectivity index is 2.36. The average Bonchev–Trinajstić information content (AvgIpc) is 2.27. The molecule has 2 nitrogen and oxygen atoms in total. The van der Waals surface area contributed by atoms with Gasteiger partial charge in [-0.15, -0.1) is 0 Å².